The maximum atomic E-state index is 10.2. The van der Waals surface area contributed by atoms with E-state index in [1.54, 1.807) is 0 Å². The summed E-state index contributed by atoms with van der Waals surface area (Å²) in [7, 11) is 0. The maximum absolute atomic E-state index is 10.2. The van der Waals surface area contributed by atoms with Crippen molar-refractivity contribution in [2.24, 2.45) is 5.73 Å². The molecule has 1 rings (SSSR count). The molecule has 5 heteroatoms. The largest absolute Gasteiger partial charge is 0.481 e. The van der Waals surface area contributed by atoms with Crippen LogP contribution in [-0.2, 0) is 20.8 Å². The number of primary amides is 1. The zero-order valence-corrected chi connectivity index (χ0v) is 11.0. The summed E-state index contributed by atoms with van der Waals surface area (Å²) in [6, 6.07) is 9.93. The molecule has 19 heavy (non-hydrogen) atoms. The highest BCUT2D eigenvalue weighted by atomic mass is 16.4. The number of nitrogens with two attached hydrogens (primary N) is 1. The van der Waals surface area contributed by atoms with Crippen LogP contribution in [0.3, 0.4) is 0 Å². The number of rotatable bonds is 6. The van der Waals surface area contributed by atoms with E-state index < -0.39 is 11.9 Å². The number of aliphatic carboxylic acids is 1. The van der Waals surface area contributed by atoms with Crippen LogP contribution in [-0.4, -0.2) is 22.8 Å². The quantitative estimate of drug-likeness (QED) is 0.762. The molecule has 0 bridgehead atoms. The minimum atomic E-state index is -0.717. The summed E-state index contributed by atoms with van der Waals surface area (Å²) in [5.74, 6) is -1.47. The molecule has 3 N–H and O–H groups in total. The fourth-order valence-corrected chi connectivity index (χ4v) is 1.33. The van der Waals surface area contributed by atoms with Crippen LogP contribution in [0.2, 0.25) is 0 Å². The number of aryl methyl sites for hydroxylation is 1. The van der Waals surface area contributed by atoms with Gasteiger partial charge in [0.25, 0.3) is 0 Å². The van der Waals surface area contributed by atoms with E-state index in [4.69, 9.17) is 5.11 Å². The lowest BCUT2D eigenvalue weighted by Crippen LogP contribution is -2.13. The summed E-state index contributed by atoms with van der Waals surface area (Å²) in [6.07, 6.45) is 1.70. The number of hydrogen-bond acceptors (Lipinski definition) is 3. The Balaban J connectivity index is 0.000000399. The molecule has 0 aromatic heterocycles. The Bertz CT molecular complexity index is 403. The van der Waals surface area contributed by atoms with Crippen molar-refractivity contribution in [2.75, 3.05) is 0 Å². The van der Waals surface area contributed by atoms with Gasteiger partial charge in [-0.05, 0) is 25.3 Å². The van der Waals surface area contributed by atoms with Gasteiger partial charge in [0.2, 0.25) is 5.91 Å². The van der Waals surface area contributed by atoms with E-state index >= 15 is 0 Å². The van der Waals surface area contributed by atoms with Crippen LogP contribution >= 0.6 is 0 Å². The molecule has 1 aromatic carbocycles. The molecular weight excluding hydrogens is 246 g/mol. The lowest BCUT2D eigenvalue weighted by atomic mass is 10.1. The van der Waals surface area contributed by atoms with Crippen molar-refractivity contribution in [1.29, 1.82) is 0 Å². The zero-order chi connectivity index (χ0) is 14.7. The molecule has 0 saturated carbocycles. The third kappa shape index (κ3) is 12.1. The summed E-state index contributed by atoms with van der Waals surface area (Å²) < 4.78 is 0. The number of carboxylic acid groups (broad SMARTS) is 1. The number of ketones is 1. The number of hydrogen-bond donors (Lipinski definition) is 2. The molecule has 1 amide bonds. The molecular formula is C14H19NO4. The predicted octanol–water partition coefficient (Wildman–Crippen LogP) is 1.54. The first-order chi connectivity index (χ1) is 8.91. The van der Waals surface area contributed by atoms with Crippen LogP contribution in [0.5, 0.6) is 0 Å². The fraction of sp³-hybridized carbons (Fsp3) is 0.357. The molecule has 0 saturated heterocycles. The van der Waals surface area contributed by atoms with Crippen molar-refractivity contribution < 1.29 is 19.5 Å². The minimum Gasteiger partial charge on any atom is -0.481 e. The first-order valence-corrected chi connectivity index (χ1v) is 5.95. The molecule has 0 heterocycles. The smallest absolute Gasteiger partial charge is 0.303 e. The summed E-state index contributed by atoms with van der Waals surface area (Å²) in [5, 5.41) is 8.39. The molecule has 0 aliphatic carbocycles. The van der Waals surface area contributed by atoms with Crippen LogP contribution in [0, 0.1) is 0 Å². The summed E-state index contributed by atoms with van der Waals surface area (Å²) >= 11 is 0. The Kier molecular flexibility index (Phi) is 8.70. The lowest BCUT2D eigenvalue weighted by Gasteiger charge is -1.97. The summed E-state index contributed by atoms with van der Waals surface area (Å²) in [6.45, 7) is 1.32. The molecule has 0 aliphatic rings. The number of amides is 1. The first-order valence-electron chi connectivity index (χ1n) is 5.95. The molecule has 104 valence electrons. The van der Waals surface area contributed by atoms with Gasteiger partial charge in [-0.3, -0.25) is 14.4 Å². The minimum absolute atomic E-state index is 0.139. The second-order valence-electron chi connectivity index (χ2n) is 4.08. The molecule has 0 radical (unpaired) electrons. The Hall–Kier alpha value is -2.17. The predicted molar refractivity (Wildman–Crippen MR) is 71.5 cm³/mol. The van der Waals surface area contributed by atoms with Crippen molar-refractivity contribution in [3.63, 3.8) is 0 Å². The summed E-state index contributed by atoms with van der Waals surface area (Å²) in [4.78, 5) is 30.0. The van der Waals surface area contributed by atoms with Crippen LogP contribution in [0.25, 0.3) is 0 Å². The van der Waals surface area contributed by atoms with Crippen molar-refractivity contribution >= 4 is 17.7 Å². The van der Waals surface area contributed by atoms with Gasteiger partial charge in [0.15, 0.2) is 0 Å². The Morgan fingerprint density at radius 3 is 2.11 bits per heavy atom. The summed E-state index contributed by atoms with van der Waals surface area (Å²) in [5.41, 5.74) is 5.84. The maximum Gasteiger partial charge on any atom is 0.303 e. The number of carboxylic acids is 1. The van der Waals surface area contributed by atoms with Crippen LogP contribution in [0.4, 0.5) is 0 Å². The normalized spacial score (nSPS) is 9.11. The lowest BCUT2D eigenvalue weighted by molar-refractivity contribution is -0.137. The third-order valence-corrected chi connectivity index (χ3v) is 2.12. The van der Waals surface area contributed by atoms with E-state index in [2.05, 4.69) is 5.73 Å². The molecule has 5 nitrogen and oxygen atoms in total. The van der Waals surface area contributed by atoms with Crippen molar-refractivity contribution in [2.45, 2.75) is 32.6 Å². The number of Topliss-reactive ketones (excluding diaryl/α,β-unsaturated/α-hetero) is 1. The van der Waals surface area contributed by atoms with Gasteiger partial charge < -0.3 is 10.8 Å². The van der Waals surface area contributed by atoms with E-state index in [9.17, 15) is 14.4 Å². The molecule has 0 spiro atoms. The Morgan fingerprint density at radius 2 is 1.74 bits per heavy atom. The first kappa shape index (κ1) is 16.8. The SMILES string of the molecule is CC(=O)CC(N)=O.O=C(O)CCCc1ccccc1. The van der Waals surface area contributed by atoms with Gasteiger partial charge in [-0.2, -0.15) is 0 Å². The molecule has 0 atom stereocenters. The zero-order valence-electron chi connectivity index (χ0n) is 11.0. The molecule has 0 aliphatic heterocycles. The molecule has 0 unspecified atom stereocenters. The van der Waals surface area contributed by atoms with Gasteiger partial charge >= 0.3 is 5.97 Å². The van der Waals surface area contributed by atoms with Gasteiger partial charge in [-0.15, -0.1) is 0 Å². The highest BCUT2D eigenvalue weighted by molar-refractivity contribution is 5.95. The standard InChI is InChI=1S/C10H12O2.C4H7NO2/c11-10(12)8-4-7-9-5-2-1-3-6-9;1-3(6)2-4(5)7/h1-3,5-6H,4,7-8H2,(H,11,12);2H2,1H3,(H2,5,7). The second kappa shape index (κ2) is 9.82. The third-order valence-electron chi connectivity index (χ3n) is 2.12. The van der Waals surface area contributed by atoms with Crippen molar-refractivity contribution in [1.82, 2.24) is 0 Å². The van der Waals surface area contributed by atoms with E-state index in [-0.39, 0.29) is 18.6 Å². The number of benzene rings is 1. The second-order valence-corrected chi connectivity index (χ2v) is 4.08. The highest BCUT2D eigenvalue weighted by Crippen LogP contribution is 2.03. The van der Waals surface area contributed by atoms with E-state index in [1.165, 1.54) is 12.5 Å². The van der Waals surface area contributed by atoms with Gasteiger partial charge in [-0.1, -0.05) is 30.3 Å². The van der Waals surface area contributed by atoms with Crippen LogP contribution in [0.15, 0.2) is 30.3 Å². The average molecular weight is 265 g/mol. The topological polar surface area (TPSA) is 97.5 Å². The number of carbonyl (C=O) groups is 3. The van der Waals surface area contributed by atoms with Gasteiger partial charge in [0, 0.05) is 6.42 Å². The van der Waals surface area contributed by atoms with E-state index in [1.807, 2.05) is 30.3 Å². The molecule has 0 fully saturated rings. The van der Waals surface area contributed by atoms with Crippen LogP contribution < -0.4 is 5.73 Å². The van der Waals surface area contributed by atoms with E-state index in [0.29, 0.717) is 0 Å². The van der Waals surface area contributed by atoms with Gasteiger partial charge in [0.05, 0.1) is 6.42 Å². The van der Waals surface area contributed by atoms with Crippen molar-refractivity contribution in [3.05, 3.63) is 35.9 Å². The Labute approximate surface area is 112 Å². The van der Waals surface area contributed by atoms with Gasteiger partial charge in [-0.25, -0.2) is 0 Å². The number of carbonyl (C=O) groups excluding carboxylic acids is 2. The fourth-order valence-electron chi connectivity index (χ4n) is 1.33. The highest BCUT2D eigenvalue weighted by Gasteiger charge is 1.97. The monoisotopic (exact) mass is 265 g/mol. The van der Waals surface area contributed by atoms with Crippen molar-refractivity contribution in [3.8, 4) is 0 Å². The van der Waals surface area contributed by atoms with E-state index in [0.717, 1.165) is 12.8 Å². The van der Waals surface area contributed by atoms with Crippen LogP contribution in [0.1, 0.15) is 31.7 Å². The Morgan fingerprint density at radius 1 is 1.16 bits per heavy atom. The molecule has 1 aromatic rings. The average Bonchev–Trinajstić information content (AvgIpc) is 2.28. The van der Waals surface area contributed by atoms with Gasteiger partial charge in [0.1, 0.15) is 5.78 Å².